The van der Waals surface area contributed by atoms with Gasteiger partial charge in [-0.2, -0.15) is 0 Å². The third-order valence-corrected chi connectivity index (χ3v) is 4.44. The Morgan fingerprint density at radius 2 is 1.90 bits per heavy atom. The molecule has 0 aliphatic carbocycles. The number of carbonyl (C=O) groups is 1. The predicted octanol–water partition coefficient (Wildman–Crippen LogP) is 3.46. The van der Waals surface area contributed by atoms with Crippen molar-refractivity contribution in [2.45, 2.75) is 5.41 Å². The first kappa shape index (κ1) is 13.3. The Balaban J connectivity index is 2.12. The van der Waals surface area contributed by atoms with Gasteiger partial charge in [0.15, 0.2) is 0 Å². The Kier molecular flexibility index (Phi) is 3.36. The molecule has 0 saturated carbocycles. The number of carboxylic acid groups (broad SMARTS) is 1. The van der Waals surface area contributed by atoms with E-state index in [9.17, 15) is 4.79 Å². The van der Waals surface area contributed by atoms with E-state index < -0.39 is 5.97 Å². The molecule has 2 aromatic carbocycles. The zero-order valence-corrected chi connectivity index (χ0v) is 12.3. The second-order valence-corrected chi connectivity index (χ2v) is 5.80. The largest absolute Gasteiger partial charge is 0.478 e. The van der Waals surface area contributed by atoms with E-state index in [1.807, 2.05) is 24.3 Å². The van der Waals surface area contributed by atoms with E-state index in [2.05, 4.69) is 22.0 Å². The van der Waals surface area contributed by atoms with Gasteiger partial charge in [0.25, 0.3) is 0 Å². The standard InChI is InChI=1S/C16H13BrO3/c17-14-7-2-1-6-13(14)16(9-20-10-16)12-5-3-4-11(8-12)15(18)19/h1-8H,9-10H2,(H,18,19). The van der Waals surface area contributed by atoms with Crippen LogP contribution in [0.25, 0.3) is 0 Å². The number of halogens is 1. The molecule has 20 heavy (non-hydrogen) atoms. The molecule has 3 rings (SSSR count). The molecule has 0 aromatic heterocycles. The van der Waals surface area contributed by atoms with Gasteiger partial charge in [0.2, 0.25) is 0 Å². The maximum atomic E-state index is 11.1. The van der Waals surface area contributed by atoms with Crippen LogP contribution >= 0.6 is 15.9 Å². The number of ether oxygens (including phenoxy) is 1. The normalized spacial score (nSPS) is 16.4. The highest BCUT2D eigenvalue weighted by molar-refractivity contribution is 9.10. The second kappa shape index (κ2) is 5.04. The van der Waals surface area contributed by atoms with Crippen molar-refractivity contribution in [1.82, 2.24) is 0 Å². The monoisotopic (exact) mass is 332 g/mol. The van der Waals surface area contributed by atoms with Gasteiger partial charge in [-0.25, -0.2) is 4.79 Å². The summed E-state index contributed by atoms with van der Waals surface area (Å²) in [7, 11) is 0. The van der Waals surface area contributed by atoms with E-state index in [0.717, 1.165) is 15.6 Å². The summed E-state index contributed by atoms with van der Waals surface area (Å²) in [6, 6.07) is 15.1. The minimum Gasteiger partial charge on any atom is -0.478 e. The SMILES string of the molecule is O=C(O)c1cccc(C2(c3ccccc3Br)COC2)c1. The molecule has 1 aliphatic heterocycles. The molecule has 0 bridgehead atoms. The average molecular weight is 333 g/mol. The van der Waals surface area contributed by atoms with E-state index >= 15 is 0 Å². The lowest BCUT2D eigenvalue weighted by molar-refractivity contribution is -0.0383. The number of hydrogen-bond acceptors (Lipinski definition) is 2. The molecule has 0 radical (unpaired) electrons. The van der Waals surface area contributed by atoms with Crippen LogP contribution in [0.3, 0.4) is 0 Å². The molecule has 0 amide bonds. The van der Waals surface area contributed by atoms with Crippen LogP contribution in [0.5, 0.6) is 0 Å². The maximum Gasteiger partial charge on any atom is 0.335 e. The molecule has 102 valence electrons. The van der Waals surface area contributed by atoms with Crippen molar-refractivity contribution in [3.8, 4) is 0 Å². The smallest absolute Gasteiger partial charge is 0.335 e. The first-order valence-electron chi connectivity index (χ1n) is 6.30. The number of hydrogen-bond donors (Lipinski definition) is 1. The van der Waals surface area contributed by atoms with Crippen molar-refractivity contribution >= 4 is 21.9 Å². The van der Waals surface area contributed by atoms with E-state index in [-0.39, 0.29) is 5.41 Å². The van der Waals surface area contributed by atoms with E-state index in [1.165, 1.54) is 0 Å². The van der Waals surface area contributed by atoms with Crippen molar-refractivity contribution in [2.24, 2.45) is 0 Å². The van der Waals surface area contributed by atoms with Crippen LogP contribution in [-0.4, -0.2) is 24.3 Å². The lowest BCUT2D eigenvalue weighted by Gasteiger charge is -2.43. The summed E-state index contributed by atoms with van der Waals surface area (Å²) in [5.41, 5.74) is 2.16. The zero-order valence-electron chi connectivity index (χ0n) is 10.7. The third kappa shape index (κ3) is 2.05. The van der Waals surface area contributed by atoms with Crippen LogP contribution in [-0.2, 0) is 10.2 Å². The van der Waals surface area contributed by atoms with Gasteiger partial charge in [0.05, 0.1) is 24.2 Å². The molecule has 1 fully saturated rings. The van der Waals surface area contributed by atoms with Gasteiger partial charge in [0, 0.05) is 4.47 Å². The summed E-state index contributed by atoms with van der Waals surface area (Å²) < 4.78 is 6.45. The molecule has 2 aromatic rings. The van der Waals surface area contributed by atoms with Crippen LogP contribution in [0.1, 0.15) is 21.5 Å². The fourth-order valence-electron chi connectivity index (χ4n) is 2.58. The van der Waals surface area contributed by atoms with Crippen LogP contribution < -0.4 is 0 Å². The molecule has 0 spiro atoms. The Morgan fingerprint density at radius 3 is 2.50 bits per heavy atom. The minimum absolute atomic E-state index is 0.258. The highest BCUT2D eigenvalue weighted by Crippen LogP contribution is 2.42. The molecule has 1 saturated heterocycles. The minimum atomic E-state index is -0.908. The Morgan fingerprint density at radius 1 is 1.15 bits per heavy atom. The van der Waals surface area contributed by atoms with Crippen LogP contribution in [0.15, 0.2) is 53.0 Å². The van der Waals surface area contributed by atoms with Gasteiger partial charge in [-0.05, 0) is 29.3 Å². The van der Waals surface area contributed by atoms with Gasteiger partial charge in [-0.15, -0.1) is 0 Å². The molecular weight excluding hydrogens is 320 g/mol. The van der Waals surface area contributed by atoms with Crippen molar-refractivity contribution in [2.75, 3.05) is 13.2 Å². The van der Waals surface area contributed by atoms with Crippen molar-refractivity contribution in [3.05, 3.63) is 69.7 Å². The second-order valence-electron chi connectivity index (χ2n) is 4.94. The van der Waals surface area contributed by atoms with Crippen LogP contribution in [0.2, 0.25) is 0 Å². The molecule has 1 heterocycles. The van der Waals surface area contributed by atoms with E-state index in [4.69, 9.17) is 9.84 Å². The first-order chi connectivity index (χ1) is 9.63. The Labute approximate surface area is 125 Å². The Bertz CT molecular complexity index is 662. The summed E-state index contributed by atoms with van der Waals surface area (Å²) in [6.07, 6.45) is 0. The number of carboxylic acids is 1. The van der Waals surface area contributed by atoms with Gasteiger partial charge >= 0.3 is 5.97 Å². The molecule has 0 unspecified atom stereocenters. The molecule has 0 atom stereocenters. The van der Waals surface area contributed by atoms with Gasteiger partial charge in [0.1, 0.15) is 0 Å². The van der Waals surface area contributed by atoms with Gasteiger partial charge in [-0.1, -0.05) is 46.3 Å². The molecule has 1 aliphatic rings. The number of benzene rings is 2. The summed E-state index contributed by atoms with van der Waals surface area (Å²) in [5.74, 6) is -0.908. The highest BCUT2D eigenvalue weighted by Gasteiger charge is 2.43. The third-order valence-electron chi connectivity index (χ3n) is 3.75. The van der Waals surface area contributed by atoms with Crippen molar-refractivity contribution in [1.29, 1.82) is 0 Å². The summed E-state index contributed by atoms with van der Waals surface area (Å²) in [5, 5.41) is 9.15. The lowest BCUT2D eigenvalue weighted by atomic mass is 9.72. The van der Waals surface area contributed by atoms with Gasteiger partial charge in [-0.3, -0.25) is 0 Å². The first-order valence-corrected chi connectivity index (χ1v) is 7.09. The zero-order chi connectivity index (χ0) is 14.2. The highest BCUT2D eigenvalue weighted by atomic mass is 79.9. The Hall–Kier alpha value is -1.65. The van der Waals surface area contributed by atoms with Crippen LogP contribution in [0.4, 0.5) is 0 Å². The van der Waals surface area contributed by atoms with E-state index in [0.29, 0.717) is 18.8 Å². The molecule has 4 heteroatoms. The van der Waals surface area contributed by atoms with E-state index in [1.54, 1.807) is 18.2 Å². The van der Waals surface area contributed by atoms with Crippen LogP contribution in [0, 0.1) is 0 Å². The predicted molar refractivity (Wildman–Crippen MR) is 79.1 cm³/mol. The summed E-state index contributed by atoms with van der Waals surface area (Å²) in [6.45, 7) is 1.14. The molecule has 1 N–H and O–H groups in total. The molecule has 3 nitrogen and oxygen atoms in total. The van der Waals surface area contributed by atoms with Crippen molar-refractivity contribution in [3.63, 3.8) is 0 Å². The fraction of sp³-hybridized carbons (Fsp3) is 0.188. The number of rotatable bonds is 3. The number of aromatic carboxylic acids is 1. The lowest BCUT2D eigenvalue weighted by Crippen LogP contribution is -2.48. The van der Waals surface area contributed by atoms with Crippen molar-refractivity contribution < 1.29 is 14.6 Å². The molecular formula is C16H13BrO3. The topological polar surface area (TPSA) is 46.5 Å². The maximum absolute atomic E-state index is 11.1. The average Bonchev–Trinajstić information content (AvgIpc) is 2.40. The summed E-state index contributed by atoms with van der Waals surface area (Å²) >= 11 is 3.58. The summed E-state index contributed by atoms with van der Waals surface area (Å²) in [4.78, 5) is 11.1. The fourth-order valence-corrected chi connectivity index (χ4v) is 3.25. The van der Waals surface area contributed by atoms with Gasteiger partial charge < -0.3 is 9.84 Å². The quantitative estimate of drug-likeness (QED) is 0.936.